The lowest BCUT2D eigenvalue weighted by Gasteiger charge is -2.09. The Bertz CT molecular complexity index is 791. The summed E-state index contributed by atoms with van der Waals surface area (Å²) >= 11 is 5.77. The van der Waals surface area contributed by atoms with Gasteiger partial charge in [0.05, 0.1) is 16.7 Å². The van der Waals surface area contributed by atoms with Crippen LogP contribution in [0.15, 0.2) is 36.8 Å². The zero-order valence-electron chi connectivity index (χ0n) is 10.6. The largest absolute Gasteiger partial charge is 0.340 e. The van der Waals surface area contributed by atoms with Gasteiger partial charge in [-0.15, -0.1) is 0 Å². The normalized spacial score (nSPS) is 10.8. The molecule has 0 unspecified atom stereocenters. The molecule has 6 heteroatoms. The lowest BCUT2D eigenvalue weighted by molar-refractivity contribution is 0.628. The number of halogens is 2. The predicted molar refractivity (Wildman–Crippen MR) is 76.8 cm³/mol. The van der Waals surface area contributed by atoms with E-state index in [9.17, 15) is 4.39 Å². The summed E-state index contributed by atoms with van der Waals surface area (Å²) in [6.45, 7) is 1.89. The Balaban J connectivity index is 2.05. The van der Waals surface area contributed by atoms with E-state index in [0.29, 0.717) is 11.5 Å². The fourth-order valence-electron chi connectivity index (χ4n) is 1.87. The molecule has 2 heterocycles. The van der Waals surface area contributed by atoms with Crippen LogP contribution in [0.25, 0.3) is 10.9 Å². The Morgan fingerprint density at radius 2 is 2.00 bits per heavy atom. The van der Waals surface area contributed by atoms with E-state index in [-0.39, 0.29) is 5.02 Å². The third-order valence-corrected chi connectivity index (χ3v) is 3.13. The van der Waals surface area contributed by atoms with E-state index in [4.69, 9.17) is 11.6 Å². The quantitative estimate of drug-likeness (QED) is 0.778. The summed E-state index contributed by atoms with van der Waals surface area (Å²) in [6, 6.07) is 6.31. The first-order chi connectivity index (χ1) is 9.63. The standard InChI is InChI=1S/C14H10ClFN4/c1-8-4-10-13(6-17-8)18-7-19-14(10)20-9-2-3-12(16)11(15)5-9/h2-7H,1H3,(H,18,19,20). The van der Waals surface area contributed by atoms with Crippen LogP contribution in [0.2, 0.25) is 5.02 Å². The molecule has 1 aromatic carbocycles. The number of nitrogens with zero attached hydrogens (tertiary/aromatic N) is 3. The van der Waals surface area contributed by atoms with Crippen LogP contribution in [0, 0.1) is 12.7 Å². The van der Waals surface area contributed by atoms with E-state index in [2.05, 4.69) is 20.3 Å². The van der Waals surface area contributed by atoms with Gasteiger partial charge in [0, 0.05) is 16.8 Å². The summed E-state index contributed by atoms with van der Waals surface area (Å²) in [5.74, 6) is 0.174. The Morgan fingerprint density at radius 3 is 2.80 bits per heavy atom. The van der Waals surface area contributed by atoms with Gasteiger partial charge < -0.3 is 5.32 Å². The van der Waals surface area contributed by atoms with Crippen LogP contribution < -0.4 is 5.32 Å². The van der Waals surface area contributed by atoms with Gasteiger partial charge in [0.1, 0.15) is 18.0 Å². The molecule has 3 aromatic rings. The van der Waals surface area contributed by atoms with E-state index >= 15 is 0 Å². The molecule has 0 aliphatic carbocycles. The highest BCUT2D eigenvalue weighted by Crippen LogP contribution is 2.25. The molecule has 0 radical (unpaired) electrons. The summed E-state index contributed by atoms with van der Waals surface area (Å²) in [5, 5.41) is 4.02. The third-order valence-electron chi connectivity index (χ3n) is 2.84. The first-order valence-corrected chi connectivity index (χ1v) is 6.31. The van der Waals surface area contributed by atoms with Gasteiger partial charge in [-0.2, -0.15) is 0 Å². The first kappa shape index (κ1) is 12.7. The van der Waals surface area contributed by atoms with Gasteiger partial charge in [0.25, 0.3) is 0 Å². The van der Waals surface area contributed by atoms with Gasteiger partial charge in [0.15, 0.2) is 0 Å². The third kappa shape index (κ3) is 2.40. The number of aromatic nitrogens is 3. The van der Waals surface area contributed by atoms with Crippen molar-refractivity contribution in [1.82, 2.24) is 15.0 Å². The van der Waals surface area contributed by atoms with Crippen molar-refractivity contribution in [2.45, 2.75) is 6.92 Å². The Hall–Kier alpha value is -2.27. The highest BCUT2D eigenvalue weighted by molar-refractivity contribution is 6.31. The molecule has 0 spiro atoms. The molecule has 1 N–H and O–H groups in total. The molecule has 3 rings (SSSR count). The molecule has 0 saturated heterocycles. The Kier molecular flexibility index (Phi) is 3.20. The van der Waals surface area contributed by atoms with Crippen molar-refractivity contribution in [3.63, 3.8) is 0 Å². The van der Waals surface area contributed by atoms with Gasteiger partial charge in [-0.25, -0.2) is 14.4 Å². The van der Waals surface area contributed by atoms with Crippen LogP contribution in [0.4, 0.5) is 15.9 Å². The van der Waals surface area contributed by atoms with E-state index in [1.807, 2.05) is 13.0 Å². The molecule has 100 valence electrons. The van der Waals surface area contributed by atoms with E-state index in [1.54, 1.807) is 12.3 Å². The number of rotatable bonds is 2. The van der Waals surface area contributed by atoms with Gasteiger partial charge in [-0.05, 0) is 31.2 Å². The second-order valence-corrected chi connectivity index (χ2v) is 4.73. The highest BCUT2D eigenvalue weighted by atomic mass is 35.5. The number of pyridine rings is 1. The van der Waals surface area contributed by atoms with Crippen LogP contribution in [0.3, 0.4) is 0 Å². The van der Waals surface area contributed by atoms with Crippen LogP contribution in [-0.4, -0.2) is 15.0 Å². The zero-order valence-corrected chi connectivity index (χ0v) is 11.3. The number of nitrogens with one attached hydrogen (secondary N) is 1. The molecule has 2 aromatic heterocycles. The van der Waals surface area contributed by atoms with Crippen molar-refractivity contribution in [1.29, 1.82) is 0 Å². The monoisotopic (exact) mass is 288 g/mol. The fourth-order valence-corrected chi connectivity index (χ4v) is 2.05. The van der Waals surface area contributed by atoms with Gasteiger partial charge in [-0.3, -0.25) is 4.98 Å². The average Bonchev–Trinajstić information content (AvgIpc) is 2.44. The lowest BCUT2D eigenvalue weighted by Crippen LogP contribution is -1.97. The Morgan fingerprint density at radius 1 is 1.15 bits per heavy atom. The van der Waals surface area contributed by atoms with Gasteiger partial charge in [-0.1, -0.05) is 11.6 Å². The van der Waals surface area contributed by atoms with Crippen LogP contribution in [0.5, 0.6) is 0 Å². The van der Waals surface area contributed by atoms with E-state index in [1.165, 1.54) is 18.5 Å². The van der Waals surface area contributed by atoms with Crippen molar-refractivity contribution in [2.75, 3.05) is 5.32 Å². The number of benzene rings is 1. The fraction of sp³-hybridized carbons (Fsp3) is 0.0714. The molecule has 0 saturated carbocycles. The van der Waals surface area contributed by atoms with Crippen molar-refractivity contribution in [3.8, 4) is 0 Å². The van der Waals surface area contributed by atoms with Gasteiger partial charge >= 0.3 is 0 Å². The van der Waals surface area contributed by atoms with Crippen molar-refractivity contribution in [3.05, 3.63) is 53.3 Å². The first-order valence-electron chi connectivity index (χ1n) is 5.93. The molecule has 0 aliphatic rings. The molecular formula is C14H10ClFN4. The minimum absolute atomic E-state index is 0.0613. The smallest absolute Gasteiger partial charge is 0.141 e. The van der Waals surface area contributed by atoms with Gasteiger partial charge in [0.2, 0.25) is 0 Å². The van der Waals surface area contributed by atoms with Crippen LogP contribution in [0.1, 0.15) is 5.69 Å². The topological polar surface area (TPSA) is 50.7 Å². The minimum atomic E-state index is -0.454. The number of fused-ring (bicyclic) bond motifs is 1. The number of aryl methyl sites for hydroxylation is 1. The lowest BCUT2D eigenvalue weighted by atomic mass is 10.2. The van der Waals surface area contributed by atoms with E-state index in [0.717, 1.165) is 16.6 Å². The van der Waals surface area contributed by atoms with Crippen molar-refractivity contribution in [2.24, 2.45) is 0 Å². The minimum Gasteiger partial charge on any atom is -0.340 e. The maximum Gasteiger partial charge on any atom is 0.141 e. The van der Waals surface area contributed by atoms with E-state index < -0.39 is 5.82 Å². The number of hydrogen-bond donors (Lipinski definition) is 1. The van der Waals surface area contributed by atoms with Crippen molar-refractivity contribution < 1.29 is 4.39 Å². The van der Waals surface area contributed by atoms with Crippen LogP contribution in [-0.2, 0) is 0 Å². The average molecular weight is 289 g/mol. The number of hydrogen-bond acceptors (Lipinski definition) is 4. The molecule has 0 fully saturated rings. The second-order valence-electron chi connectivity index (χ2n) is 4.32. The maximum atomic E-state index is 13.1. The second kappa shape index (κ2) is 5.02. The molecule has 0 atom stereocenters. The summed E-state index contributed by atoms with van der Waals surface area (Å²) in [6.07, 6.45) is 3.14. The molecule has 0 amide bonds. The maximum absolute atomic E-state index is 13.1. The Labute approximate surface area is 119 Å². The molecule has 4 nitrogen and oxygen atoms in total. The summed E-state index contributed by atoms with van der Waals surface area (Å²) in [7, 11) is 0. The summed E-state index contributed by atoms with van der Waals surface area (Å²) < 4.78 is 13.1. The number of anilines is 2. The zero-order chi connectivity index (χ0) is 14.1. The van der Waals surface area contributed by atoms with Crippen molar-refractivity contribution >= 4 is 34.0 Å². The SMILES string of the molecule is Cc1cc2c(Nc3ccc(F)c(Cl)c3)ncnc2cn1. The van der Waals surface area contributed by atoms with Crippen LogP contribution >= 0.6 is 11.6 Å². The molecule has 0 aliphatic heterocycles. The summed E-state index contributed by atoms with van der Waals surface area (Å²) in [4.78, 5) is 12.6. The highest BCUT2D eigenvalue weighted by Gasteiger charge is 2.06. The molecule has 0 bridgehead atoms. The molecule has 20 heavy (non-hydrogen) atoms. The predicted octanol–water partition coefficient (Wildman–Crippen LogP) is 3.87. The summed E-state index contributed by atoms with van der Waals surface area (Å²) in [5.41, 5.74) is 2.26. The molecular weight excluding hydrogens is 279 g/mol.